The number of hydrogen-bond donors (Lipinski definition) is 1. The Morgan fingerprint density at radius 1 is 1.03 bits per heavy atom. The van der Waals surface area contributed by atoms with Crippen molar-refractivity contribution in [1.82, 2.24) is 0 Å². The second kappa shape index (κ2) is 10.4. The van der Waals surface area contributed by atoms with Crippen molar-refractivity contribution < 1.29 is 14.3 Å². The first-order valence-electron chi connectivity index (χ1n) is 9.44. The number of benzene rings is 3. The first-order chi connectivity index (χ1) is 15.0. The van der Waals surface area contributed by atoms with E-state index in [1.165, 1.54) is 12.7 Å². The van der Waals surface area contributed by atoms with Gasteiger partial charge in [-0.05, 0) is 59.5 Å². The van der Waals surface area contributed by atoms with Gasteiger partial charge in [0.25, 0.3) is 5.91 Å². The van der Waals surface area contributed by atoms with E-state index >= 15 is 0 Å². The lowest BCUT2D eigenvalue weighted by Crippen LogP contribution is -2.13. The fraction of sp³-hybridized carbons (Fsp3) is 0.0800. The van der Waals surface area contributed by atoms with Gasteiger partial charge in [0.15, 0.2) is 0 Å². The van der Waals surface area contributed by atoms with E-state index in [0.29, 0.717) is 11.3 Å². The second-order valence-corrected chi connectivity index (χ2v) is 7.56. The zero-order valence-corrected chi connectivity index (χ0v) is 18.3. The lowest BCUT2D eigenvalue weighted by Gasteiger charge is -2.06. The van der Waals surface area contributed by atoms with Gasteiger partial charge in [0.2, 0.25) is 0 Å². The predicted molar refractivity (Wildman–Crippen MR) is 123 cm³/mol. The predicted octanol–water partition coefficient (Wildman–Crippen LogP) is 5.37. The third-order valence-corrected chi connectivity index (χ3v) is 5.35. The number of hydrogen-bond acceptors (Lipinski definition) is 4. The number of carbonyl (C=O) groups is 2. The lowest BCUT2D eigenvalue weighted by molar-refractivity contribution is -0.112. The van der Waals surface area contributed by atoms with Gasteiger partial charge in [0, 0.05) is 10.2 Å². The normalized spacial score (nSPS) is 10.8. The van der Waals surface area contributed by atoms with Gasteiger partial charge in [0.05, 0.1) is 12.7 Å². The number of anilines is 1. The number of nitrogens with one attached hydrogen (secondary N) is 1. The van der Waals surface area contributed by atoms with E-state index in [2.05, 4.69) is 32.0 Å². The molecule has 6 heteroatoms. The smallest absolute Gasteiger partial charge is 0.337 e. The monoisotopic (exact) mass is 474 g/mol. The molecular formula is C25H19BrN2O3. The van der Waals surface area contributed by atoms with Gasteiger partial charge >= 0.3 is 5.97 Å². The van der Waals surface area contributed by atoms with Crippen LogP contribution in [0, 0.1) is 11.3 Å². The SMILES string of the molecule is COC(=O)c1ccc(NC(=O)/C(C#N)=C/c2ccc(Cc3ccccc3Br)cc2)cc1. The Labute approximate surface area is 189 Å². The molecule has 154 valence electrons. The molecular weight excluding hydrogens is 456 g/mol. The van der Waals surface area contributed by atoms with Crippen LogP contribution in [0.2, 0.25) is 0 Å². The largest absolute Gasteiger partial charge is 0.465 e. The molecule has 1 N–H and O–H groups in total. The number of esters is 1. The number of ether oxygens (including phenoxy) is 1. The summed E-state index contributed by atoms with van der Waals surface area (Å²) < 4.78 is 5.70. The zero-order valence-electron chi connectivity index (χ0n) is 16.8. The van der Waals surface area contributed by atoms with Crippen molar-refractivity contribution in [3.05, 3.63) is 105 Å². The van der Waals surface area contributed by atoms with Crippen LogP contribution in [0.5, 0.6) is 0 Å². The number of rotatable bonds is 6. The van der Waals surface area contributed by atoms with Crippen LogP contribution in [-0.2, 0) is 16.0 Å². The highest BCUT2D eigenvalue weighted by Crippen LogP contribution is 2.20. The number of nitriles is 1. The van der Waals surface area contributed by atoms with Crippen LogP contribution >= 0.6 is 15.9 Å². The lowest BCUT2D eigenvalue weighted by atomic mass is 10.0. The van der Waals surface area contributed by atoms with E-state index in [4.69, 9.17) is 0 Å². The van der Waals surface area contributed by atoms with Crippen LogP contribution in [0.1, 0.15) is 27.0 Å². The first kappa shape index (κ1) is 22.0. The highest BCUT2D eigenvalue weighted by atomic mass is 79.9. The molecule has 0 aliphatic heterocycles. The molecule has 0 unspecified atom stereocenters. The van der Waals surface area contributed by atoms with Crippen molar-refractivity contribution in [2.75, 3.05) is 12.4 Å². The number of halogens is 1. The molecule has 3 rings (SSSR count). The highest BCUT2D eigenvalue weighted by molar-refractivity contribution is 9.10. The molecule has 0 saturated heterocycles. The molecule has 0 aliphatic rings. The number of methoxy groups -OCH3 is 1. The van der Waals surface area contributed by atoms with Gasteiger partial charge in [-0.1, -0.05) is 58.4 Å². The van der Waals surface area contributed by atoms with Crippen LogP contribution in [-0.4, -0.2) is 19.0 Å². The molecule has 0 radical (unpaired) electrons. The van der Waals surface area contributed by atoms with E-state index in [1.54, 1.807) is 30.3 Å². The van der Waals surface area contributed by atoms with Crippen LogP contribution in [0.25, 0.3) is 6.08 Å². The summed E-state index contributed by atoms with van der Waals surface area (Å²) >= 11 is 3.56. The van der Waals surface area contributed by atoms with Crippen molar-refractivity contribution >= 4 is 39.6 Å². The Bertz CT molecular complexity index is 1160. The maximum Gasteiger partial charge on any atom is 0.337 e. The molecule has 5 nitrogen and oxygen atoms in total. The third-order valence-electron chi connectivity index (χ3n) is 4.57. The summed E-state index contributed by atoms with van der Waals surface area (Å²) in [7, 11) is 1.30. The van der Waals surface area contributed by atoms with Gasteiger partial charge in [-0.25, -0.2) is 4.79 Å². The minimum Gasteiger partial charge on any atom is -0.465 e. The van der Waals surface area contributed by atoms with E-state index in [-0.39, 0.29) is 5.57 Å². The molecule has 3 aromatic rings. The standard InChI is InChI=1S/C25H19BrN2O3/c1-31-25(30)19-10-12-22(13-11-19)28-24(29)21(16-27)15-18-8-6-17(7-9-18)14-20-4-2-3-5-23(20)26/h2-13,15H,14H2,1H3,(H,28,29)/b21-15+. The van der Waals surface area contributed by atoms with Gasteiger partial charge in [-0.3, -0.25) is 4.79 Å². The molecule has 0 heterocycles. The summed E-state index contributed by atoms with van der Waals surface area (Å²) in [6.45, 7) is 0. The van der Waals surface area contributed by atoms with E-state index in [1.807, 2.05) is 48.5 Å². The van der Waals surface area contributed by atoms with Crippen molar-refractivity contribution in [2.45, 2.75) is 6.42 Å². The molecule has 0 bridgehead atoms. The van der Waals surface area contributed by atoms with Crippen molar-refractivity contribution in [3.63, 3.8) is 0 Å². The van der Waals surface area contributed by atoms with Crippen molar-refractivity contribution in [3.8, 4) is 6.07 Å². The summed E-state index contributed by atoms with van der Waals surface area (Å²) in [5.41, 5.74) is 3.89. The van der Waals surface area contributed by atoms with Crippen LogP contribution < -0.4 is 5.32 Å². The molecule has 0 aromatic heterocycles. The Morgan fingerprint density at radius 2 is 1.71 bits per heavy atom. The van der Waals surface area contributed by atoms with E-state index < -0.39 is 11.9 Å². The molecule has 0 fully saturated rings. The Hall–Kier alpha value is -3.69. The minimum absolute atomic E-state index is 0.0180. The van der Waals surface area contributed by atoms with Crippen molar-refractivity contribution in [1.29, 1.82) is 5.26 Å². The van der Waals surface area contributed by atoms with E-state index in [9.17, 15) is 14.9 Å². The van der Waals surface area contributed by atoms with Gasteiger partial charge < -0.3 is 10.1 Å². The summed E-state index contributed by atoms with van der Waals surface area (Å²) in [5, 5.41) is 12.1. The number of carbonyl (C=O) groups excluding carboxylic acids is 2. The Morgan fingerprint density at radius 3 is 2.32 bits per heavy atom. The molecule has 0 spiro atoms. The second-order valence-electron chi connectivity index (χ2n) is 6.70. The van der Waals surface area contributed by atoms with Crippen LogP contribution in [0.15, 0.2) is 82.8 Å². The summed E-state index contributed by atoms with van der Waals surface area (Å²) in [5.74, 6) is -0.982. The zero-order chi connectivity index (χ0) is 22.2. The third kappa shape index (κ3) is 5.91. The van der Waals surface area contributed by atoms with E-state index in [0.717, 1.165) is 22.0 Å². The van der Waals surface area contributed by atoms with Gasteiger partial charge in [0.1, 0.15) is 11.6 Å². The van der Waals surface area contributed by atoms with Crippen molar-refractivity contribution in [2.24, 2.45) is 0 Å². The maximum absolute atomic E-state index is 12.5. The molecule has 0 saturated carbocycles. The average Bonchev–Trinajstić information content (AvgIpc) is 2.80. The Balaban J connectivity index is 1.69. The van der Waals surface area contributed by atoms with Crippen LogP contribution in [0.4, 0.5) is 5.69 Å². The summed E-state index contributed by atoms with van der Waals surface area (Å²) in [4.78, 5) is 24.0. The average molecular weight is 475 g/mol. The molecule has 0 aliphatic carbocycles. The van der Waals surface area contributed by atoms with Crippen LogP contribution in [0.3, 0.4) is 0 Å². The maximum atomic E-state index is 12.5. The quantitative estimate of drug-likeness (QED) is 0.295. The summed E-state index contributed by atoms with van der Waals surface area (Å²) in [6.07, 6.45) is 2.32. The fourth-order valence-electron chi connectivity index (χ4n) is 2.91. The number of nitrogens with zero attached hydrogens (tertiary/aromatic N) is 1. The van der Waals surface area contributed by atoms with Gasteiger partial charge in [-0.15, -0.1) is 0 Å². The highest BCUT2D eigenvalue weighted by Gasteiger charge is 2.11. The molecule has 3 aromatic carbocycles. The molecule has 1 amide bonds. The number of amides is 1. The fourth-order valence-corrected chi connectivity index (χ4v) is 3.34. The molecule has 31 heavy (non-hydrogen) atoms. The molecule has 0 atom stereocenters. The minimum atomic E-state index is -0.523. The Kier molecular flexibility index (Phi) is 7.36. The summed E-state index contributed by atoms with van der Waals surface area (Å²) in [6, 6.07) is 23.9. The first-order valence-corrected chi connectivity index (χ1v) is 10.2. The van der Waals surface area contributed by atoms with Gasteiger partial charge in [-0.2, -0.15) is 5.26 Å². The topological polar surface area (TPSA) is 79.2 Å².